The van der Waals surface area contributed by atoms with Gasteiger partial charge in [0.25, 0.3) is 0 Å². The molecule has 1 amide bonds. The Balaban J connectivity index is 0.00000196. The zero-order valence-corrected chi connectivity index (χ0v) is 8.66. The highest BCUT2D eigenvalue weighted by Gasteiger charge is 2.07. The van der Waals surface area contributed by atoms with E-state index in [1.54, 1.807) is 12.3 Å². The first kappa shape index (κ1) is 10.7. The summed E-state index contributed by atoms with van der Waals surface area (Å²) in [6, 6.07) is 5.46. The number of anilines is 1. The molecule has 0 aliphatic heterocycles. The summed E-state index contributed by atoms with van der Waals surface area (Å²) in [5.41, 5.74) is 0. The number of amides is 1. The number of nitrogens with one attached hydrogen (secondary N) is 1. The second kappa shape index (κ2) is 5.37. The molecule has 0 radical (unpaired) electrons. The molecule has 78 valence electrons. The van der Waals surface area contributed by atoms with Gasteiger partial charge >= 0.3 is 0 Å². The van der Waals surface area contributed by atoms with Crippen LogP contribution in [0.25, 0.3) is 0 Å². The van der Waals surface area contributed by atoms with Gasteiger partial charge in [-0.1, -0.05) is 26.3 Å². The number of pyridine rings is 1. The van der Waals surface area contributed by atoms with E-state index in [0.29, 0.717) is 18.2 Å². The molecule has 1 aromatic heterocycles. The zero-order chi connectivity index (χ0) is 10.4. The lowest BCUT2D eigenvalue weighted by molar-refractivity contribution is -0.117. The van der Waals surface area contributed by atoms with Crippen LogP contribution in [0.5, 0.6) is 0 Å². The Morgan fingerprint density at radius 1 is 1.64 bits per heavy atom. The van der Waals surface area contributed by atoms with Crippen LogP contribution in [0.2, 0.25) is 0 Å². The molecule has 1 unspecified atom stereocenters. The van der Waals surface area contributed by atoms with Gasteiger partial charge in [-0.3, -0.25) is 4.79 Å². The summed E-state index contributed by atoms with van der Waals surface area (Å²) in [4.78, 5) is 15.5. The highest BCUT2D eigenvalue weighted by molar-refractivity contribution is 5.89. The average Bonchev–Trinajstić information content (AvgIpc) is 2.19. The summed E-state index contributed by atoms with van der Waals surface area (Å²) < 4.78 is 0. The van der Waals surface area contributed by atoms with Crippen molar-refractivity contribution in [1.29, 1.82) is 0 Å². The number of aromatic nitrogens is 1. The minimum Gasteiger partial charge on any atom is -0.311 e. The van der Waals surface area contributed by atoms with E-state index in [2.05, 4.69) is 24.1 Å². The van der Waals surface area contributed by atoms with Crippen molar-refractivity contribution in [3.05, 3.63) is 24.4 Å². The fourth-order valence-electron chi connectivity index (χ4n) is 1.09. The minimum atomic E-state index is 0. The molecule has 0 fully saturated rings. The molecule has 0 spiro atoms. The van der Waals surface area contributed by atoms with Crippen molar-refractivity contribution in [2.45, 2.75) is 26.7 Å². The van der Waals surface area contributed by atoms with Gasteiger partial charge in [0.1, 0.15) is 5.82 Å². The Bertz CT molecular complexity index is 290. The molecule has 0 aromatic carbocycles. The predicted octanol–water partition coefficient (Wildman–Crippen LogP) is 2.70. The largest absolute Gasteiger partial charge is 0.311 e. The van der Waals surface area contributed by atoms with Crippen molar-refractivity contribution in [2.24, 2.45) is 5.92 Å². The summed E-state index contributed by atoms with van der Waals surface area (Å²) in [5.74, 6) is 1.09. The first-order valence-corrected chi connectivity index (χ1v) is 4.93. The SMILES string of the molecule is CCC(C)CC(=O)Nc1ccccn1.[HH]. The quantitative estimate of drug-likeness (QED) is 0.800. The number of hydrogen-bond donors (Lipinski definition) is 1. The number of nitrogens with zero attached hydrogens (tertiary/aromatic N) is 1. The van der Waals surface area contributed by atoms with Gasteiger partial charge in [-0.15, -0.1) is 0 Å². The zero-order valence-electron chi connectivity index (χ0n) is 8.66. The molecule has 0 aliphatic carbocycles. The Morgan fingerprint density at radius 2 is 2.43 bits per heavy atom. The minimum absolute atomic E-state index is 0. The van der Waals surface area contributed by atoms with E-state index in [4.69, 9.17) is 0 Å². The maximum Gasteiger partial charge on any atom is 0.225 e. The van der Waals surface area contributed by atoms with Gasteiger partial charge in [0, 0.05) is 14.0 Å². The third-order valence-electron chi connectivity index (χ3n) is 2.16. The molecule has 1 N–H and O–H groups in total. The highest BCUT2D eigenvalue weighted by Crippen LogP contribution is 2.08. The van der Waals surface area contributed by atoms with E-state index in [0.717, 1.165) is 6.42 Å². The maximum atomic E-state index is 11.4. The molecule has 1 heterocycles. The molecule has 1 rings (SSSR count). The summed E-state index contributed by atoms with van der Waals surface area (Å²) in [5, 5.41) is 2.76. The fourth-order valence-corrected chi connectivity index (χ4v) is 1.09. The lowest BCUT2D eigenvalue weighted by atomic mass is 10.1. The van der Waals surface area contributed by atoms with Gasteiger partial charge in [-0.25, -0.2) is 4.98 Å². The molecule has 0 saturated heterocycles. The standard InChI is InChI=1S/C11H16N2O.H2/c1-3-9(2)8-11(14)13-10-6-4-5-7-12-10;/h4-7,9H,3,8H2,1-2H3,(H,12,13,14);1H. The van der Waals surface area contributed by atoms with E-state index in [-0.39, 0.29) is 7.33 Å². The van der Waals surface area contributed by atoms with Crippen LogP contribution in [0.15, 0.2) is 24.4 Å². The summed E-state index contributed by atoms with van der Waals surface area (Å²) in [6.07, 6.45) is 3.25. The topological polar surface area (TPSA) is 42.0 Å². The van der Waals surface area contributed by atoms with E-state index >= 15 is 0 Å². The van der Waals surface area contributed by atoms with Gasteiger partial charge in [-0.2, -0.15) is 0 Å². The van der Waals surface area contributed by atoms with Crippen molar-refractivity contribution in [1.82, 2.24) is 4.98 Å². The average molecular weight is 194 g/mol. The van der Waals surface area contributed by atoms with Crippen LogP contribution in [0.1, 0.15) is 28.1 Å². The normalized spacial score (nSPS) is 12.1. The van der Waals surface area contributed by atoms with Crippen molar-refractivity contribution >= 4 is 11.7 Å². The van der Waals surface area contributed by atoms with Crippen molar-refractivity contribution in [3.8, 4) is 0 Å². The molecule has 3 nitrogen and oxygen atoms in total. The van der Waals surface area contributed by atoms with Crippen LogP contribution < -0.4 is 5.32 Å². The van der Waals surface area contributed by atoms with Crippen molar-refractivity contribution in [3.63, 3.8) is 0 Å². The number of carbonyl (C=O) groups excluding carboxylic acids is 1. The second-order valence-electron chi connectivity index (χ2n) is 3.48. The molecule has 1 aromatic rings. The predicted molar refractivity (Wildman–Crippen MR) is 59.1 cm³/mol. The molecular weight excluding hydrogens is 176 g/mol. The highest BCUT2D eigenvalue weighted by atomic mass is 16.1. The van der Waals surface area contributed by atoms with Gasteiger partial charge < -0.3 is 5.32 Å². The summed E-state index contributed by atoms with van der Waals surface area (Å²) in [6.45, 7) is 4.15. The van der Waals surface area contributed by atoms with Crippen LogP contribution in [0, 0.1) is 5.92 Å². The molecule has 0 saturated carbocycles. The van der Waals surface area contributed by atoms with Crippen LogP contribution in [0.3, 0.4) is 0 Å². The first-order valence-electron chi connectivity index (χ1n) is 4.93. The molecule has 14 heavy (non-hydrogen) atoms. The lowest BCUT2D eigenvalue weighted by Crippen LogP contribution is -2.15. The Labute approximate surface area is 86.0 Å². The number of rotatable bonds is 4. The van der Waals surface area contributed by atoms with Crippen LogP contribution in [0.4, 0.5) is 5.82 Å². The maximum absolute atomic E-state index is 11.4. The van der Waals surface area contributed by atoms with Crippen LogP contribution >= 0.6 is 0 Å². The van der Waals surface area contributed by atoms with Gasteiger partial charge in [0.15, 0.2) is 0 Å². The van der Waals surface area contributed by atoms with Gasteiger partial charge in [0.05, 0.1) is 0 Å². The monoisotopic (exact) mass is 194 g/mol. The molecule has 0 bridgehead atoms. The van der Waals surface area contributed by atoms with Crippen molar-refractivity contribution < 1.29 is 6.22 Å². The third-order valence-corrected chi connectivity index (χ3v) is 2.16. The van der Waals surface area contributed by atoms with E-state index in [9.17, 15) is 4.79 Å². The Kier molecular flexibility index (Phi) is 4.11. The number of carbonyl (C=O) groups is 1. The molecule has 3 heteroatoms. The molecule has 1 atom stereocenters. The Hall–Kier alpha value is -1.38. The Morgan fingerprint density at radius 3 is 3.00 bits per heavy atom. The van der Waals surface area contributed by atoms with Crippen molar-refractivity contribution in [2.75, 3.05) is 5.32 Å². The van der Waals surface area contributed by atoms with Gasteiger partial charge in [0.2, 0.25) is 5.91 Å². The number of hydrogen-bond acceptors (Lipinski definition) is 2. The van der Waals surface area contributed by atoms with Gasteiger partial charge in [-0.05, 0) is 18.1 Å². The summed E-state index contributed by atoms with van der Waals surface area (Å²) in [7, 11) is 0. The molecule has 0 aliphatic rings. The first-order chi connectivity index (χ1) is 6.72. The van der Waals surface area contributed by atoms with Crippen LogP contribution in [-0.4, -0.2) is 10.9 Å². The van der Waals surface area contributed by atoms with Crippen LogP contribution in [-0.2, 0) is 4.79 Å². The van der Waals surface area contributed by atoms with E-state index < -0.39 is 0 Å². The lowest BCUT2D eigenvalue weighted by Gasteiger charge is -2.07. The third kappa shape index (κ3) is 3.56. The van der Waals surface area contributed by atoms with E-state index in [1.807, 2.05) is 12.1 Å². The van der Waals surface area contributed by atoms with E-state index in [1.165, 1.54) is 0 Å². The fraction of sp³-hybridized carbons (Fsp3) is 0.455. The smallest absolute Gasteiger partial charge is 0.225 e. The second-order valence-corrected chi connectivity index (χ2v) is 3.48. The summed E-state index contributed by atoms with van der Waals surface area (Å²) >= 11 is 0. The molecular formula is C11H18N2O.